The minimum atomic E-state index is -4.55. The van der Waals surface area contributed by atoms with Crippen molar-refractivity contribution >= 4 is 39.8 Å². The molecule has 2 saturated heterocycles. The largest absolute Gasteiger partial charge is 0.456 e. The highest BCUT2D eigenvalue weighted by atomic mass is 32.2. The average Bonchev–Trinajstić information content (AvgIpc) is 3.81. The summed E-state index contributed by atoms with van der Waals surface area (Å²) in [4.78, 5) is 70.7. The summed E-state index contributed by atoms with van der Waals surface area (Å²) in [5.74, 6) is -8.33. The van der Waals surface area contributed by atoms with Gasteiger partial charge in [0.25, 0.3) is 11.7 Å². The number of amides is 2. The number of hydrogen-bond donors (Lipinski definition) is 3. The minimum absolute atomic E-state index is 0.00857. The molecular weight excluding hydrogens is 905 g/mol. The van der Waals surface area contributed by atoms with Gasteiger partial charge in [-0.1, -0.05) is 45.4 Å². The molecule has 2 amide bonds. The summed E-state index contributed by atoms with van der Waals surface area (Å²) < 4.78 is 68.3. The summed E-state index contributed by atoms with van der Waals surface area (Å²) in [5.41, 5.74) is 1.48. The number of esters is 1. The Labute approximate surface area is 402 Å². The van der Waals surface area contributed by atoms with E-state index >= 15 is 0 Å². The van der Waals surface area contributed by atoms with Gasteiger partial charge in [-0.15, -0.1) is 0 Å². The summed E-state index contributed by atoms with van der Waals surface area (Å²) in [5, 5.41) is 23.9. The lowest BCUT2D eigenvalue weighted by Crippen LogP contribution is -2.64. The molecule has 5 aliphatic rings. The number of carbonyl (C=O) groups is 5. The molecule has 3 N–H and O–H groups in total. The average molecular weight is 983 g/mol. The Kier molecular flexibility index (Phi) is 20.2. The van der Waals surface area contributed by atoms with Crippen molar-refractivity contribution in [2.45, 2.75) is 199 Å². The number of fused-ring (bicyclic) bond motifs is 3. The molecule has 68 heavy (non-hydrogen) atoms. The number of ether oxygens (including phenoxy) is 6. The topological polar surface area (TPSA) is 240 Å². The summed E-state index contributed by atoms with van der Waals surface area (Å²) >= 11 is 0. The molecule has 14 atom stereocenters. The normalized spacial score (nSPS) is 37.9. The van der Waals surface area contributed by atoms with Crippen molar-refractivity contribution in [3.63, 3.8) is 0 Å². The van der Waals surface area contributed by atoms with E-state index in [1.54, 1.807) is 20.8 Å². The van der Waals surface area contributed by atoms with Crippen molar-refractivity contribution in [2.75, 3.05) is 27.9 Å². The maximum atomic E-state index is 14.5. The van der Waals surface area contributed by atoms with Crippen LogP contribution in [0.5, 0.6) is 0 Å². The third kappa shape index (κ3) is 14.0. The molecule has 5 rings (SSSR count). The van der Waals surface area contributed by atoms with Crippen LogP contribution in [0, 0.1) is 29.6 Å². The van der Waals surface area contributed by atoms with E-state index in [0.29, 0.717) is 56.9 Å². The van der Waals surface area contributed by atoms with Crippen LogP contribution >= 0.6 is 0 Å². The van der Waals surface area contributed by atoms with Crippen molar-refractivity contribution in [3.05, 3.63) is 23.3 Å². The summed E-state index contributed by atoms with van der Waals surface area (Å²) in [6.45, 7) is 10.9. The molecule has 18 nitrogen and oxygen atoms in total. The van der Waals surface area contributed by atoms with Crippen molar-refractivity contribution in [1.29, 1.82) is 0 Å². The molecule has 4 fully saturated rings. The van der Waals surface area contributed by atoms with Crippen LogP contribution in [0.4, 0.5) is 4.79 Å². The third-order valence-electron chi connectivity index (χ3n) is 14.9. The second-order valence-corrected chi connectivity index (χ2v) is 21.4. The zero-order valence-corrected chi connectivity index (χ0v) is 42.3. The van der Waals surface area contributed by atoms with E-state index in [2.05, 4.69) is 0 Å². The predicted molar refractivity (Wildman–Crippen MR) is 248 cm³/mol. The van der Waals surface area contributed by atoms with Gasteiger partial charge in [0.05, 0.1) is 24.4 Å². The molecule has 3 aliphatic heterocycles. The van der Waals surface area contributed by atoms with Crippen LogP contribution in [-0.2, 0) is 62.1 Å². The quantitative estimate of drug-likeness (QED) is 0.141. The highest BCUT2D eigenvalue weighted by Gasteiger charge is 2.56. The van der Waals surface area contributed by atoms with Crippen LogP contribution in [0.15, 0.2) is 23.3 Å². The van der Waals surface area contributed by atoms with Crippen LogP contribution in [0.2, 0.25) is 0 Å². The number of hydrogen-bond acceptors (Lipinski definition) is 16. The third-order valence-corrected chi connectivity index (χ3v) is 15.8. The van der Waals surface area contributed by atoms with Gasteiger partial charge in [0.1, 0.15) is 36.2 Å². The predicted octanol–water partition coefficient (Wildman–Crippen LogP) is 5.41. The molecule has 0 radical (unpaired) electrons. The Bertz CT molecular complexity index is 1940. The number of carbonyl (C=O) groups excluding carboxylic acids is 5. The number of nitrogens with one attached hydrogen (secondary N) is 1. The molecule has 0 aromatic carbocycles. The van der Waals surface area contributed by atoms with E-state index < -0.39 is 106 Å². The van der Waals surface area contributed by atoms with Crippen LogP contribution in [0.25, 0.3) is 0 Å². The molecular formula is C49H78N2O16S. The number of rotatable bonds is 10. The molecule has 3 heterocycles. The Morgan fingerprint density at radius 1 is 0.897 bits per heavy atom. The van der Waals surface area contributed by atoms with E-state index in [4.69, 9.17) is 32.6 Å². The van der Waals surface area contributed by atoms with E-state index in [-0.39, 0.29) is 62.4 Å². The molecule has 386 valence electrons. The van der Waals surface area contributed by atoms with Crippen molar-refractivity contribution in [1.82, 2.24) is 9.62 Å². The number of methoxy groups -OCH3 is 3. The number of piperidine rings is 1. The lowest BCUT2D eigenvalue weighted by Gasteiger charge is -2.47. The van der Waals surface area contributed by atoms with Crippen LogP contribution in [0.1, 0.15) is 138 Å². The Balaban J connectivity index is 1.44. The Morgan fingerprint density at radius 2 is 1.54 bits per heavy atom. The molecule has 1 unspecified atom stereocenters. The number of nitrogens with zero attached hydrogens (tertiary/aromatic N) is 1. The van der Waals surface area contributed by atoms with Gasteiger partial charge >= 0.3 is 22.4 Å². The summed E-state index contributed by atoms with van der Waals surface area (Å²) in [7, 11) is -0.0962. The summed E-state index contributed by atoms with van der Waals surface area (Å²) in [6.07, 6.45) is 2.83. The second kappa shape index (κ2) is 24.7. The number of Topliss-reactive ketones (excluding diaryl/α,β-unsaturated/α-hetero) is 2. The number of allylic oxidation sites excluding steroid dienone is 3. The fourth-order valence-electron chi connectivity index (χ4n) is 11.0. The van der Waals surface area contributed by atoms with Gasteiger partial charge in [-0.3, -0.25) is 14.4 Å². The molecule has 2 saturated carbocycles. The van der Waals surface area contributed by atoms with Gasteiger partial charge < -0.3 is 43.5 Å². The smallest absolute Gasteiger partial charge is 0.422 e. The Hall–Kier alpha value is -3.30. The standard InChI is InChI=1S/C49H78N2O16S/c1-10-34-22-28(2)21-29(3)23-41(62-8)44-42(63-9)25-31(5)49(58,66-44)45(54)46(55)51-20-14-13-17-36(51)47(56)65-43(32(6)37(52)27-38(34)53)30(4)24-33-18-19-39(40(26-33)61-7)67-68(59,60)50-48(57)64-35-15-11-12-16-35/h22,24,29,31-37,39-44,52,58H,10-21,23,25-27H2,1-9H3,(H,50,57)/b28-22+,30-24+/t29-,31+,32+,33-,34+,36-,37-,39-,40+,41-,42-,43?,44+,49+/m0/s1. The molecule has 2 bridgehead atoms. The van der Waals surface area contributed by atoms with Gasteiger partial charge in [-0.2, -0.15) is 13.1 Å². The van der Waals surface area contributed by atoms with Gasteiger partial charge in [-0.05, 0) is 121 Å². The fourth-order valence-corrected chi connectivity index (χ4v) is 11.8. The molecule has 19 heteroatoms. The second-order valence-electron chi connectivity index (χ2n) is 20.1. The van der Waals surface area contributed by atoms with E-state index in [1.165, 1.54) is 21.3 Å². The molecule has 0 aromatic rings. The monoisotopic (exact) mass is 983 g/mol. The lowest BCUT2D eigenvalue weighted by molar-refractivity contribution is -0.302. The maximum absolute atomic E-state index is 14.5. The zero-order valence-electron chi connectivity index (χ0n) is 41.5. The first-order chi connectivity index (χ1) is 32.1. The van der Waals surface area contributed by atoms with Gasteiger partial charge in [-0.25, -0.2) is 13.8 Å². The molecule has 0 spiro atoms. The zero-order chi connectivity index (χ0) is 50.1. The number of aliphatic hydroxyl groups is 2. The first kappa shape index (κ1) is 55.6. The highest BCUT2D eigenvalue weighted by Crippen LogP contribution is 2.39. The van der Waals surface area contributed by atoms with Gasteiger partial charge in [0.15, 0.2) is 0 Å². The molecule has 2 aliphatic carbocycles. The van der Waals surface area contributed by atoms with Gasteiger partial charge in [0, 0.05) is 52.0 Å². The number of ketones is 2. The Morgan fingerprint density at radius 3 is 2.19 bits per heavy atom. The first-order valence-electron chi connectivity index (χ1n) is 24.7. The van der Waals surface area contributed by atoms with Crippen LogP contribution in [-0.4, -0.2) is 142 Å². The van der Waals surface area contributed by atoms with Crippen LogP contribution in [0.3, 0.4) is 0 Å². The van der Waals surface area contributed by atoms with E-state index in [0.717, 1.165) is 23.3 Å². The van der Waals surface area contributed by atoms with Gasteiger partial charge in [0.2, 0.25) is 5.79 Å². The maximum Gasteiger partial charge on any atom is 0.422 e. The van der Waals surface area contributed by atoms with Crippen LogP contribution < -0.4 is 4.72 Å². The minimum Gasteiger partial charge on any atom is -0.456 e. The highest BCUT2D eigenvalue weighted by molar-refractivity contribution is 7.85. The fraction of sp³-hybridized carbons (Fsp3) is 0.816. The SMILES string of the molecule is CC[C@@H]1/C=C(\C)C[C@H](C)C[C@H](OC)[C@H]2O[C@@](O)(C(=O)C(=O)N3CCCC[C@H]3C(=O)OC(/C(C)=C/[C@@H]3CC[C@H](OS(=O)(=O)NC(=O)OC4CCCC4)[C@H](OC)C3)[C@H](C)[C@@H](O)CC1=O)[C@H](C)C[C@@H]2OC. The number of aliphatic hydroxyl groups excluding tert-OH is 1. The van der Waals surface area contributed by atoms with E-state index in [9.17, 15) is 42.6 Å². The van der Waals surface area contributed by atoms with Crippen molar-refractivity contribution in [2.24, 2.45) is 29.6 Å². The van der Waals surface area contributed by atoms with Crippen molar-refractivity contribution < 1.29 is 75.2 Å². The van der Waals surface area contributed by atoms with Crippen molar-refractivity contribution in [3.8, 4) is 0 Å². The molecule has 0 aromatic heterocycles. The first-order valence-corrected chi connectivity index (χ1v) is 26.1. The van der Waals surface area contributed by atoms with E-state index in [1.807, 2.05) is 37.6 Å². The lowest BCUT2D eigenvalue weighted by atomic mass is 9.81. The number of cyclic esters (lactones) is 1. The summed E-state index contributed by atoms with van der Waals surface area (Å²) in [6, 6.07) is -1.22.